The van der Waals surface area contributed by atoms with Gasteiger partial charge in [0, 0.05) is 13.1 Å². The molecule has 4 aromatic rings. The predicted molar refractivity (Wildman–Crippen MR) is 117 cm³/mol. The van der Waals surface area contributed by atoms with Gasteiger partial charge in [0.05, 0.1) is 17.3 Å². The number of methoxy groups -OCH3 is 1. The Morgan fingerprint density at radius 3 is 2.86 bits per heavy atom. The van der Waals surface area contributed by atoms with Gasteiger partial charge in [-0.05, 0) is 35.7 Å². The Bertz CT molecular complexity index is 1190. The molecule has 0 fully saturated rings. The van der Waals surface area contributed by atoms with Gasteiger partial charge in [0.2, 0.25) is 0 Å². The third-order valence-electron chi connectivity index (χ3n) is 5.11. The van der Waals surface area contributed by atoms with E-state index >= 15 is 0 Å². The van der Waals surface area contributed by atoms with Crippen molar-refractivity contribution < 1.29 is 4.74 Å². The molecule has 146 valence electrons. The summed E-state index contributed by atoms with van der Waals surface area (Å²) in [6, 6.07) is 14.3. The molecule has 0 amide bonds. The van der Waals surface area contributed by atoms with Crippen LogP contribution in [0.4, 0.5) is 22.5 Å². The molecule has 0 unspecified atom stereocenters. The van der Waals surface area contributed by atoms with Crippen molar-refractivity contribution in [2.45, 2.75) is 13.0 Å². The first-order chi connectivity index (χ1) is 14.2. The van der Waals surface area contributed by atoms with Gasteiger partial charge in [-0.15, -0.1) is 0 Å². The number of fused-ring (bicyclic) bond motifs is 2. The van der Waals surface area contributed by atoms with Gasteiger partial charge < -0.3 is 20.7 Å². The third kappa shape index (κ3) is 3.31. The summed E-state index contributed by atoms with van der Waals surface area (Å²) in [4.78, 5) is 15.6. The number of benzene rings is 2. The Labute approximate surface area is 172 Å². The van der Waals surface area contributed by atoms with Crippen LogP contribution >= 0.6 is 11.3 Å². The van der Waals surface area contributed by atoms with Crippen molar-refractivity contribution in [1.82, 2.24) is 15.0 Å². The molecule has 7 nitrogen and oxygen atoms in total. The number of thiazole rings is 1. The number of rotatable bonds is 4. The van der Waals surface area contributed by atoms with Gasteiger partial charge in [-0.1, -0.05) is 35.6 Å². The number of ether oxygens (including phenoxy) is 1. The molecular weight excluding hydrogens is 384 g/mol. The number of hydrogen-bond acceptors (Lipinski definition) is 8. The first-order valence-electron chi connectivity index (χ1n) is 9.35. The van der Waals surface area contributed by atoms with Gasteiger partial charge in [0.15, 0.2) is 16.8 Å². The smallest absolute Gasteiger partial charge is 0.189 e. The minimum absolute atomic E-state index is 0.531. The Hall–Kier alpha value is -3.39. The van der Waals surface area contributed by atoms with Crippen LogP contribution in [0.1, 0.15) is 11.1 Å². The van der Waals surface area contributed by atoms with E-state index in [0.717, 1.165) is 46.4 Å². The lowest BCUT2D eigenvalue weighted by atomic mass is 10.00. The normalized spacial score (nSPS) is 13.3. The van der Waals surface area contributed by atoms with Crippen molar-refractivity contribution in [3.63, 3.8) is 0 Å². The van der Waals surface area contributed by atoms with E-state index < -0.39 is 0 Å². The average molecular weight is 404 g/mol. The molecule has 0 bridgehead atoms. The Morgan fingerprint density at radius 2 is 2.00 bits per heavy atom. The van der Waals surface area contributed by atoms with Crippen LogP contribution in [0.25, 0.3) is 10.2 Å². The summed E-state index contributed by atoms with van der Waals surface area (Å²) in [5, 5.41) is 3.99. The molecule has 0 radical (unpaired) electrons. The number of hydrogen-bond donors (Lipinski definition) is 2. The molecule has 1 aliphatic heterocycles. The molecule has 8 heteroatoms. The molecular formula is C21H20N6OS. The van der Waals surface area contributed by atoms with Crippen molar-refractivity contribution in [3.05, 3.63) is 59.9 Å². The molecule has 0 aliphatic carbocycles. The zero-order valence-corrected chi connectivity index (χ0v) is 16.7. The lowest BCUT2D eigenvalue weighted by Gasteiger charge is -2.30. The zero-order chi connectivity index (χ0) is 19.8. The lowest BCUT2D eigenvalue weighted by Crippen LogP contribution is -2.31. The van der Waals surface area contributed by atoms with Crippen LogP contribution in [0.5, 0.6) is 5.75 Å². The fourth-order valence-electron chi connectivity index (χ4n) is 3.60. The van der Waals surface area contributed by atoms with E-state index in [1.165, 1.54) is 22.5 Å². The standard InChI is InChI=1S/C21H20N6OS/c1-28-15-6-7-16-17(10-15)29-21(25-16)26-19-18(22)20(24-12-23-19)27-9-8-13-4-2-3-5-14(13)11-27/h2-7,10,12H,8-9,11,22H2,1H3,(H,23,24,25,26). The van der Waals surface area contributed by atoms with Gasteiger partial charge in [0.25, 0.3) is 0 Å². The number of nitrogens with two attached hydrogens (primary N) is 1. The fourth-order valence-corrected chi connectivity index (χ4v) is 4.49. The monoisotopic (exact) mass is 404 g/mol. The van der Waals surface area contributed by atoms with Crippen LogP contribution in [0, 0.1) is 0 Å². The maximum absolute atomic E-state index is 6.45. The number of nitrogens with one attached hydrogen (secondary N) is 1. The number of aromatic nitrogens is 3. The molecule has 3 N–H and O–H groups in total. The summed E-state index contributed by atoms with van der Waals surface area (Å²) in [5.41, 5.74) is 10.6. The zero-order valence-electron chi connectivity index (χ0n) is 15.9. The van der Waals surface area contributed by atoms with E-state index in [2.05, 4.69) is 49.4 Å². The van der Waals surface area contributed by atoms with Crippen LogP contribution in [0.2, 0.25) is 0 Å². The predicted octanol–water partition coefficient (Wildman–Crippen LogP) is 3.98. The molecule has 0 spiro atoms. The summed E-state index contributed by atoms with van der Waals surface area (Å²) < 4.78 is 6.32. The maximum Gasteiger partial charge on any atom is 0.189 e. The van der Waals surface area contributed by atoms with Gasteiger partial charge in [-0.25, -0.2) is 15.0 Å². The number of nitrogens with zero attached hydrogens (tertiary/aromatic N) is 4. The molecule has 29 heavy (non-hydrogen) atoms. The van der Waals surface area contributed by atoms with Crippen molar-refractivity contribution in [2.24, 2.45) is 0 Å². The minimum Gasteiger partial charge on any atom is -0.497 e. The summed E-state index contributed by atoms with van der Waals surface area (Å²) in [6.45, 7) is 1.66. The Morgan fingerprint density at radius 1 is 1.14 bits per heavy atom. The van der Waals surface area contributed by atoms with Crippen molar-refractivity contribution in [2.75, 3.05) is 29.6 Å². The van der Waals surface area contributed by atoms with Gasteiger partial charge in [0.1, 0.15) is 17.8 Å². The number of anilines is 4. The second-order valence-electron chi connectivity index (χ2n) is 6.88. The highest BCUT2D eigenvalue weighted by atomic mass is 32.1. The first kappa shape index (κ1) is 17.7. The Kier molecular flexibility index (Phi) is 4.40. The van der Waals surface area contributed by atoms with E-state index in [1.807, 2.05) is 18.2 Å². The fraction of sp³-hybridized carbons (Fsp3) is 0.190. The summed E-state index contributed by atoms with van der Waals surface area (Å²) >= 11 is 1.53. The van der Waals surface area contributed by atoms with Gasteiger partial charge in [-0.2, -0.15) is 0 Å². The topological polar surface area (TPSA) is 89.2 Å². The van der Waals surface area contributed by atoms with Crippen LogP contribution in [0.3, 0.4) is 0 Å². The SMILES string of the molecule is COc1ccc2nc(Nc3ncnc(N4CCc5ccccc5C4)c3N)sc2c1. The molecule has 0 atom stereocenters. The van der Waals surface area contributed by atoms with Crippen LogP contribution in [-0.2, 0) is 13.0 Å². The third-order valence-corrected chi connectivity index (χ3v) is 6.05. The van der Waals surface area contributed by atoms with E-state index in [-0.39, 0.29) is 0 Å². The molecule has 5 rings (SSSR count). The highest BCUT2D eigenvalue weighted by Gasteiger charge is 2.21. The quantitative estimate of drug-likeness (QED) is 0.532. The van der Waals surface area contributed by atoms with E-state index in [9.17, 15) is 0 Å². The van der Waals surface area contributed by atoms with Crippen LogP contribution < -0.4 is 20.7 Å². The summed E-state index contributed by atoms with van der Waals surface area (Å²) in [6.07, 6.45) is 2.52. The Balaban J connectivity index is 1.42. The molecule has 3 heterocycles. The van der Waals surface area contributed by atoms with E-state index in [1.54, 1.807) is 13.4 Å². The highest BCUT2D eigenvalue weighted by Crippen LogP contribution is 2.34. The second-order valence-corrected chi connectivity index (χ2v) is 7.91. The van der Waals surface area contributed by atoms with Gasteiger partial charge >= 0.3 is 0 Å². The molecule has 0 saturated heterocycles. The van der Waals surface area contributed by atoms with Crippen molar-refractivity contribution >= 4 is 44.0 Å². The molecule has 2 aromatic carbocycles. The van der Waals surface area contributed by atoms with E-state index in [0.29, 0.717) is 11.5 Å². The average Bonchev–Trinajstić information content (AvgIpc) is 3.16. The van der Waals surface area contributed by atoms with Crippen molar-refractivity contribution in [3.8, 4) is 5.75 Å². The van der Waals surface area contributed by atoms with E-state index in [4.69, 9.17) is 10.5 Å². The van der Waals surface area contributed by atoms with Crippen LogP contribution in [0.15, 0.2) is 48.8 Å². The minimum atomic E-state index is 0.531. The van der Waals surface area contributed by atoms with Crippen molar-refractivity contribution in [1.29, 1.82) is 0 Å². The largest absolute Gasteiger partial charge is 0.497 e. The second kappa shape index (κ2) is 7.21. The number of nitrogen functional groups attached to an aromatic ring is 1. The van der Waals surface area contributed by atoms with Crippen LogP contribution in [-0.4, -0.2) is 28.6 Å². The lowest BCUT2D eigenvalue weighted by molar-refractivity contribution is 0.415. The molecule has 2 aromatic heterocycles. The highest BCUT2D eigenvalue weighted by molar-refractivity contribution is 7.22. The maximum atomic E-state index is 6.45. The molecule has 1 aliphatic rings. The summed E-state index contributed by atoms with van der Waals surface area (Å²) in [7, 11) is 1.66. The van der Waals surface area contributed by atoms with Gasteiger partial charge in [-0.3, -0.25) is 0 Å². The summed E-state index contributed by atoms with van der Waals surface area (Å²) in [5.74, 6) is 2.13. The molecule has 0 saturated carbocycles. The first-order valence-corrected chi connectivity index (χ1v) is 10.2.